The smallest absolute Gasteiger partial charge is 0.307 e. The van der Waals surface area contributed by atoms with Crippen LogP contribution < -0.4 is 4.90 Å². The third-order valence-electron chi connectivity index (χ3n) is 2.40. The molecule has 0 aliphatic carbocycles. The van der Waals surface area contributed by atoms with Crippen molar-refractivity contribution < 1.29 is 21.6 Å². The van der Waals surface area contributed by atoms with Gasteiger partial charge in [-0.15, -0.1) is 3.89 Å². The van der Waals surface area contributed by atoms with Gasteiger partial charge < -0.3 is 4.52 Å². The van der Waals surface area contributed by atoms with Crippen LogP contribution in [0.1, 0.15) is 12.0 Å². The molecule has 0 N–H and O–H groups in total. The molecule has 90 valence electrons. The highest BCUT2D eigenvalue weighted by atomic mass is 32.3. The van der Waals surface area contributed by atoms with Crippen LogP contribution in [0.5, 0.6) is 0 Å². The second kappa shape index (κ2) is 3.81. The summed E-state index contributed by atoms with van der Waals surface area (Å²) in [4.78, 5) is 12.4. The van der Waals surface area contributed by atoms with E-state index in [4.69, 9.17) is 5.26 Å². The first kappa shape index (κ1) is 11.5. The number of aromatic nitrogens is 1. The van der Waals surface area contributed by atoms with E-state index in [1.165, 1.54) is 0 Å². The van der Waals surface area contributed by atoms with E-state index in [9.17, 15) is 17.1 Å². The van der Waals surface area contributed by atoms with Crippen molar-refractivity contribution in [1.82, 2.24) is 5.16 Å². The van der Waals surface area contributed by atoms with Crippen LogP contribution in [-0.4, -0.2) is 31.3 Å². The Kier molecular flexibility index (Phi) is 2.59. The van der Waals surface area contributed by atoms with Crippen molar-refractivity contribution in [1.29, 1.82) is 5.26 Å². The van der Waals surface area contributed by atoms with E-state index < -0.39 is 27.8 Å². The number of carbonyl (C=O) groups excluding carboxylic acids is 1. The number of amides is 1. The Balaban J connectivity index is 2.32. The summed E-state index contributed by atoms with van der Waals surface area (Å²) in [6.45, 7) is -0.373. The summed E-state index contributed by atoms with van der Waals surface area (Å²) in [7, 11) is -4.79. The number of hydrogen-bond donors (Lipinski definition) is 0. The number of halogens is 1. The molecule has 1 aromatic heterocycles. The summed E-state index contributed by atoms with van der Waals surface area (Å²) < 4.78 is 38.8. The fraction of sp³-hybridized carbons (Fsp3) is 0.375. The maximum atomic E-state index is 12.7. The van der Waals surface area contributed by atoms with Crippen LogP contribution in [0.3, 0.4) is 0 Å². The highest BCUT2D eigenvalue weighted by molar-refractivity contribution is 7.87. The number of hydrogen-bond acceptors (Lipinski definition) is 6. The second-order valence-corrected chi connectivity index (χ2v) is 5.08. The van der Waals surface area contributed by atoms with E-state index in [0.717, 1.165) is 11.1 Å². The van der Waals surface area contributed by atoms with Crippen molar-refractivity contribution in [2.45, 2.75) is 11.7 Å². The van der Waals surface area contributed by atoms with Gasteiger partial charge in [-0.05, 0) is 0 Å². The van der Waals surface area contributed by atoms with Crippen LogP contribution in [0, 0.1) is 11.3 Å². The highest BCUT2D eigenvalue weighted by Gasteiger charge is 2.41. The van der Waals surface area contributed by atoms with Gasteiger partial charge in [0.1, 0.15) is 16.9 Å². The van der Waals surface area contributed by atoms with Crippen molar-refractivity contribution in [2.75, 3.05) is 11.4 Å². The van der Waals surface area contributed by atoms with Crippen molar-refractivity contribution >= 4 is 22.0 Å². The Morgan fingerprint density at radius 3 is 2.88 bits per heavy atom. The minimum absolute atomic E-state index is 0.00439. The minimum atomic E-state index is -4.79. The average Bonchev–Trinajstić information content (AvgIpc) is 2.81. The molecule has 2 rings (SSSR count). The van der Waals surface area contributed by atoms with Crippen LogP contribution >= 0.6 is 0 Å². The minimum Gasteiger partial charge on any atom is -0.337 e. The molecule has 2 heterocycles. The quantitative estimate of drug-likeness (QED) is 0.689. The molecule has 1 unspecified atom stereocenters. The van der Waals surface area contributed by atoms with E-state index in [0.29, 0.717) is 0 Å². The summed E-state index contributed by atoms with van der Waals surface area (Å²) in [5.41, 5.74) is -0.00439. The van der Waals surface area contributed by atoms with Gasteiger partial charge in [0.15, 0.2) is 0 Å². The molecule has 1 aliphatic heterocycles. The molecule has 0 saturated carbocycles. The monoisotopic (exact) mass is 259 g/mol. The molecule has 1 aliphatic rings. The number of nitrogens with zero attached hydrogens (tertiary/aromatic N) is 3. The number of carbonyl (C=O) groups is 1. The normalized spacial score (nSPS) is 20.6. The van der Waals surface area contributed by atoms with Crippen LogP contribution in [-0.2, 0) is 15.0 Å². The second-order valence-electron chi connectivity index (χ2n) is 3.46. The van der Waals surface area contributed by atoms with Gasteiger partial charge in [-0.3, -0.25) is 9.69 Å². The standard InChI is InChI=1S/C8H6FN3O4S/c9-17(14,15)6-1-7(13)12(4-6)8-5(2-10)3-11-16-8/h3,6H,1,4H2. The maximum Gasteiger partial charge on any atom is 0.307 e. The Labute approximate surface area is 95.6 Å². The van der Waals surface area contributed by atoms with E-state index in [1.54, 1.807) is 6.07 Å². The molecule has 0 bridgehead atoms. The van der Waals surface area contributed by atoms with Crippen molar-refractivity contribution in [3.63, 3.8) is 0 Å². The Morgan fingerprint density at radius 2 is 2.35 bits per heavy atom. The van der Waals surface area contributed by atoms with E-state index >= 15 is 0 Å². The van der Waals surface area contributed by atoms with Crippen LogP contribution in [0.25, 0.3) is 0 Å². The third kappa shape index (κ3) is 1.99. The molecule has 1 aromatic rings. The summed E-state index contributed by atoms with van der Waals surface area (Å²) in [5.74, 6) is -0.770. The van der Waals surface area contributed by atoms with Gasteiger partial charge in [0.25, 0.3) is 5.88 Å². The lowest BCUT2D eigenvalue weighted by molar-refractivity contribution is -0.117. The van der Waals surface area contributed by atoms with Crippen molar-refractivity contribution in [3.05, 3.63) is 11.8 Å². The van der Waals surface area contributed by atoms with Crippen LogP contribution in [0.15, 0.2) is 10.7 Å². The van der Waals surface area contributed by atoms with Gasteiger partial charge in [-0.2, -0.15) is 13.7 Å². The molecule has 7 nitrogen and oxygen atoms in total. The third-order valence-corrected chi connectivity index (χ3v) is 3.52. The molecule has 0 aromatic carbocycles. The van der Waals surface area contributed by atoms with E-state index in [2.05, 4.69) is 9.68 Å². The lowest BCUT2D eigenvalue weighted by Gasteiger charge is -2.11. The topological polar surface area (TPSA) is 104 Å². The summed E-state index contributed by atoms with van der Waals surface area (Å²) in [6, 6.07) is 1.73. The van der Waals surface area contributed by atoms with Gasteiger partial charge in [0.05, 0.1) is 6.20 Å². The SMILES string of the molecule is N#Cc1cnoc1N1CC(S(=O)(=O)F)CC1=O. The molecule has 9 heteroatoms. The summed E-state index contributed by atoms with van der Waals surface area (Å²) >= 11 is 0. The summed E-state index contributed by atoms with van der Waals surface area (Å²) in [5, 5.41) is 10.6. The Bertz CT molecular complexity index is 603. The number of rotatable bonds is 2. The molecular weight excluding hydrogens is 253 g/mol. The number of nitriles is 1. The van der Waals surface area contributed by atoms with Gasteiger partial charge in [-0.25, -0.2) is 0 Å². The Morgan fingerprint density at radius 1 is 1.65 bits per heavy atom. The van der Waals surface area contributed by atoms with Gasteiger partial charge in [-0.1, -0.05) is 5.16 Å². The Hall–Kier alpha value is -1.95. The summed E-state index contributed by atoms with van der Waals surface area (Å²) in [6.07, 6.45) is 0.629. The zero-order valence-corrected chi connectivity index (χ0v) is 9.15. The molecule has 1 amide bonds. The molecule has 0 radical (unpaired) electrons. The zero-order valence-electron chi connectivity index (χ0n) is 8.33. The van der Waals surface area contributed by atoms with Crippen molar-refractivity contribution in [2.24, 2.45) is 0 Å². The van der Waals surface area contributed by atoms with Crippen molar-refractivity contribution in [3.8, 4) is 6.07 Å². The molecule has 1 fully saturated rings. The van der Waals surface area contributed by atoms with E-state index in [1.807, 2.05) is 0 Å². The molecule has 0 spiro atoms. The highest BCUT2D eigenvalue weighted by Crippen LogP contribution is 2.27. The molecule has 1 atom stereocenters. The van der Waals surface area contributed by atoms with Gasteiger partial charge in [0, 0.05) is 13.0 Å². The van der Waals surface area contributed by atoms with Crippen LogP contribution in [0.2, 0.25) is 0 Å². The molecule has 17 heavy (non-hydrogen) atoms. The predicted molar refractivity (Wildman–Crippen MR) is 52.0 cm³/mol. The lowest BCUT2D eigenvalue weighted by Crippen LogP contribution is -2.27. The number of anilines is 1. The van der Waals surface area contributed by atoms with Crippen LogP contribution in [0.4, 0.5) is 9.77 Å². The average molecular weight is 259 g/mol. The first-order chi connectivity index (χ1) is 7.93. The fourth-order valence-electron chi connectivity index (χ4n) is 1.56. The first-order valence-electron chi connectivity index (χ1n) is 4.52. The van der Waals surface area contributed by atoms with Gasteiger partial charge >= 0.3 is 10.2 Å². The predicted octanol–water partition coefficient (Wildman–Crippen LogP) is -0.0491. The maximum absolute atomic E-state index is 12.7. The first-order valence-corrected chi connectivity index (χ1v) is 5.96. The fourth-order valence-corrected chi connectivity index (χ4v) is 2.23. The van der Waals surface area contributed by atoms with Gasteiger partial charge in [0.2, 0.25) is 5.91 Å². The molecular formula is C8H6FN3O4S. The van der Waals surface area contributed by atoms with E-state index in [-0.39, 0.29) is 18.0 Å². The zero-order chi connectivity index (χ0) is 12.6. The molecule has 1 saturated heterocycles. The largest absolute Gasteiger partial charge is 0.337 e. The lowest BCUT2D eigenvalue weighted by atomic mass is 10.3.